The van der Waals surface area contributed by atoms with Crippen LogP contribution in [0.3, 0.4) is 0 Å². The molecule has 142 valence electrons. The third-order valence-electron chi connectivity index (χ3n) is 4.51. The summed E-state index contributed by atoms with van der Waals surface area (Å²) in [7, 11) is -4.30. The number of benzene rings is 2. The van der Waals surface area contributed by atoms with Gasteiger partial charge in [-0.25, -0.2) is 4.79 Å². The van der Waals surface area contributed by atoms with E-state index in [1.54, 1.807) is 55.5 Å². The second kappa shape index (κ2) is 6.24. The average Bonchev–Trinajstić information content (AvgIpc) is 3.06. The molecule has 2 heterocycles. The van der Waals surface area contributed by atoms with Crippen molar-refractivity contribution in [2.75, 3.05) is 4.72 Å². The summed E-state index contributed by atoms with van der Waals surface area (Å²) in [6.07, 6.45) is 0. The van der Waals surface area contributed by atoms with Gasteiger partial charge in [-0.05, 0) is 24.6 Å². The van der Waals surface area contributed by atoms with Gasteiger partial charge >= 0.3 is 5.97 Å². The molecule has 0 radical (unpaired) electrons. The number of para-hydroxylation sites is 2. The molecule has 0 atom stereocenters. The molecule has 0 aliphatic heterocycles. The number of anilines is 1. The number of hydrogen-bond donors (Lipinski definition) is 4. The fraction of sp³-hybridized carbons (Fsp3) is 0.0526. The van der Waals surface area contributed by atoms with Crippen LogP contribution < -0.4 is 10.3 Å². The van der Waals surface area contributed by atoms with E-state index in [-0.39, 0.29) is 10.9 Å². The van der Waals surface area contributed by atoms with Gasteiger partial charge in [-0.1, -0.05) is 36.4 Å². The van der Waals surface area contributed by atoms with Gasteiger partial charge < -0.3 is 15.1 Å². The first-order valence-corrected chi connectivity index (χ1v) is 9.76. The predicted octanol–water partition coefficient (Wildman–Crippen LogP) is 2.82. The maximum atomic E-state index is 13.0. The molecule has 0 aliphatic rings. The number of aromatic amines is 2. The Labute approximate surface area is 158 Å². The Kier molecular flexibility index (Phi) is 3.97. The Morgan fingerprint density at radius 3 is 2.43 bits per heavy atom. The fourth-order valence-electron chi connectivity index (χ4n) is 3.20. The van der Waals surface area contributed by atoms with Crippen LogP contribution in [0.15, 0.2) is 58.4 Å². The highest BCUT2D eigenvalue weighted by molar-refractivity contribution is 7.92. The molecule has 0 unspecified atom stereocenters. The van der Waals surface area contributed by atoms with Crippen LogP contribution in [0.4, 0.5) is 5.69 Å². The maximum Gasteiger partial charge on any atom is 0.339 e. The van der Waals surface area contributed by atoms with Crippen molar-refractivity contribution in [2.45, 2.75) is 11.9 Å². The van der Waals surface area contributed by atoms with E-state index < -0.39 is 32.1 Å². The number of fused-ring (bicyclic) bond motifs is 3. The number of carbonyl (C=O) groups is 1. The Morgan fingerprint density at radius 1 is 1.04 bits per heavy atom. The number of carboxylic acid groups (broad SMARTS) is 1. The van der Waals surface area contributed by atoms with Gasteiger partial charge in [-0.15, -0.1) is 0 Å². The summed E-state index contributed by atoms with van der Waals surface area (Å²) in [5, 5.41) is 9.68. The number of aryl methyl sites for hydroxylation is 1. The molecule has 0 saturated carbocycles. The van der Waals surface area contributed by atoms with Crippen molar-refractivity contribution in [1.29, 1.82) is 0 Å². The number of nitrogens with one attached hydrogen (secondary N) is 3. The quantitative estimate of drug-likeness (QED) is 0.420. The van der Waals surface area contributed by atoms with Crippen LogP contribution in [0, 0.1) is 6.92 Å². The number of aromatic carboxylic acids is 1. The van der Waals surface area contributed by atoms with Crippen LogP contribution in [0.2, 0.25) is 0 Å². The molecule has 4 N–H and O–H groups in total. The molecule has 28 heavy (non-hydrogen) atoms. The average molecular weight is 397 g/mol. The predicted molar refractivity (Wildman–Crippen MR) is 105 cm³/mol. The Bertz CT molecular complexity index is 1420. The van der Waals surface area contributed by atoms with Crippen molar-refractivity contribution in [1.82, 2.24) is 9.97 Å². The van der Waals surface area contributed by atoms with E-state index in [2.05, 4.69) is 14.7 Å². The monoisotopic (exact) mass is 397 g/mol. The van der Waals surface area contributed by atoms with Gasteiger partial charge in [-0.3, -0.25) is 9.52 Å². The summed E-state index contributed by atoms with van der Waals surface area (Å²) in [5.41, 5.74) is 0.212. The lowest BCUT2D eigenvalue weighted by Crippen LogP contribution is -2.17. The lowest BCUT2D eigenvalue weighted by Gasteiger charge is -2.10. The van der Waals surface area contributed by atoms with Crippen LogP contribution in [-0.2, 0) is 10.0 Å². The van der Waals surface area contributed by atoms with Gasteiger partial charge in [0, 0.05) is 16.3 Å². The van der Waals surface area contributed by atoms with E-state index in [1.807, 2.05) is 0 Å². The highest BCUT2D eigenvalue weighted by atomic mass is 32.2. The summed E-state index contributed by atoms with van der Waals surface area (Å²) >= 11 is 0. The molecule has 2 aromatic carbocycles. The van der Waals surface area contributed by atoms with E-state index in [0.29, 0.717) is 22.2 Å². The van der Waals surface area contributed by atoms with Gasteiger partial charge in [0.05, 0.1) is 5.69 Å². The Balaban J connectivity index is 2.05. The summed E-state index contributed by atoms with van der Waals surface area (Å²) in [6, 6.07) is 13.3. The van der Waals surface area contributed by atoms with Crippen molar-refractivity contribution < 1.29 is 18.3 Å². The minimum absolute atomic E-state index is 0.0528. The number of aromatic nitrogens is 2. The Morgan fingerprint density at radius 2 is 1.71 bits per heavy atom. The van der Waals surface area contributed by atoms with E-state index >= 15 is 0 Å². The first-order valence-electron chi connectivity index (χ1n) is 8.28. The van der Waals surface area contributed by atoms with E-state index in [1.165, 1.54) is 0 Å². The molecule has 0 saturated heterocycles. The molecule has 4 aromatic rings. The largest absolute Gasteiger partial charge is 0.478 e. The Hall–Kier alpha value is -3.59. The van der Waals surface area contributed by atoms with E-state index in [0.717, 1.165) is 0 Å². The zero-order chi connectivity index (χ0) is 20.1. The summed E-state index contributed by atoms with van der Waals surface area (Å²) in [5.74, 6) is -1.45. The van der Waals surface area contributed by atoms with E-state index in [9.17, 15) is 23.1 Å². The normalized spacial score (nSPS) is 11.8. The van der Waals surface area contributed by atoms with Crippen molar-refractivity contribution in [3.63, 3.8) is 0 Å². The molecule has 8 nitrogen and oxygen atoms in total. The number of pyridine rings is 1. The third-order valence-corrected chi connectivity index (χ3v) is 5.84. The third kappa shape index (κ3) is 2.72. The van der Waals surface area contributed by atoms with E-state index in [4.69, 9.17) is 0 Å². The summed E-state index contributed by atoms with van der Waals surface area (Å²) < 4.78 is 28.3. The molecule has 0 spiro atoms. The van der Waals surface area contributed by atoms with Crippen LogP contribution in [-0.4, -0.2) is 29.5 Å². The van der Waals surface area contributed by atoms with Crippen LogP contribution >= 0.6 is 0 Å². The minimum atomic E-state index is -4.30. The lowest BCUT2D eigenvalue weighted by molar-refractivity contribution is 0.0695. The van der Waals surface area contributed by atoms with Crippen LogP contribution in [0.25, 0.3) is 21.8 Å². The minimum Gasteiger partial charge on any atom is -0.478 e. The highest BCUT2D eigenvalue weighted by Crippen LogP contribution is 2.31. The number of rotatable bonds is 4. The van der Waals surface area contributed by atoms with Crippen molar-refractivity contribution in [3.8, 4) is 0 Å². The second-order valence-electron chi connectivity index (χ2n) is 6.30. The number of hydrogen-bond acceptors (Lipinski definition) is 4. The van der Waals surface area contributed by atoms with Crippen molar-refractivity contribution in [2.24, 2.45) is 0 Å². The van der Waals surface area contributed by atoms with Crippen molar-refractivity contribution in [3.05, 3.63) is 70.0 Å². The standard InChI is InChI=1S/C19H15N3O5S/c1-10-6-2-4-8-12(10)22-28(26,27)18-15(19(24)25)14-11-7-3-5-9-13(11)20-17(23)16(14)21-18/h2-9,21-22H,1H3,(H,20,23)(H,24,25). The summed E-state index contributed by atoms with van der Waals surface area (Å²) in [4.78, 5) is 29.6. The fourth-order valence-corrected chi connectivity index (χ4v) is 4.52. The topological polar surface area (TPSA) is 132 Å². The molecular formula is C19H15N3O5S. The first-order chi connectivity index (χ1) is 13.3. The maximum absolute atomic E-state index is 13.0. The van der Waals surface area contributed by atoms with Gasteiger partial charge in [0.25, 0.3) is 15.6 Å². The number of H-pyrrole nitrogens is 2. The molecule has 9 heteroatoms. The smallest absolute Gasteiger partial charge is 0.339 e. The van der Waals surface area contributed by atoms with Gasteiger partial charge in [0.1, 0.15) is 11.1 Å². The zero-order valence-corrected chi connectivity index (χ0v) is 15.4. The van der Waals surface area contributed by atoms with Gasteiger partial charge in [0.2, 0.25) is 0 Å². The summed E-state index contributed by atoms with van der Waals surface area (Å²) in [6.45, 7) is 1.72. The molecule has 2 aromatic heterocycles. The second-order valence-corrected chi connectivity index (χ2v) is 7.92. The lowest BCUT2D eigenvalue weighted by atomic mass is 10.1. The number of carboxylic acids is 1. The van der Waals surface area contributed by atoms with Crippen LogP contribution in [0.5, 0.6) is 0 Å². The highest BCUT2D eigenvalue weighted by Gasteiger charge is 2.30. The van der Waals surface area contributed by atoms with Crippen molar-refractivity contribution >= 4 is 43.5 Å². The van der Waals surface area contributed by atoms with Crippen LogP contribution in [0.1, 0.15) is 15.9 Å². The SMILES string of the molecule is Cc1ccccc1NS(=O)(=O)c1[nH]c2c(=O)[nH]c3ccccc3c2c1C(=O)O. The van der Waals surface area contributed by atoms with Gasteiger partial charge in [-0.2, -0.15) is 8.42 Å². The molecular weight excluding hydrogens is 382 g/mol. The zero-order valence-electron chi connectivity index (χ0n) is 14.6. The first kappa shape index (κ1) is 17.8. The molecule has 0 bridgehead atoms. The molecule has 0 aliphatic carbocycles. The molecule has 0 amide bonds. The molecule has 4 rings (SSSR count). The number of sulfonamides is 1. The molecule has 0 fully saturated rings. The van der Waals surface area contributed by atoms with Gasteiger partial charge in [0.15, 0.2) is 5.03 Å².